The normalized spacial score (nSPS) is 11.4. The van der Waals surface area contributed by atoms with Crippen molar-refractivity contribution >= 4 is 23.3 Å². The largest absolute Gasteiger partial charge is 0.341 e. The van der Waals surface area contributed by atoms with Crippen LogP contribution in [0.4, 0.5) is 16.2 Å². The van der Waals surface area contributed by atoms with Crippen LogP contribution >= 0.6 is 0 Å². The third-order valence-corrected chi connectivity index (χ3v) is 3.73. The fraction of sp³-hybridized carbons (Fsp3) is 0.263. The molecule has 0 aliphatic heterocycles. The average Bonchev–Trinajstić information content (AvgIpc) is 2.61. The molecule has 0 bridgehead atoms. The van der Waals surface area contributed by atoms with Crippen molar-refractivity contribution in [1.82, 2.24) is 5.32 Å². The predicted molar refractivity (Wildman–Crippen MR) is 97.2 cm³/mol. The van der Waals surface area contributed by atoms with Gasteiger partial charge in [0.15, 0.2) is 0 Å². The molecule has 3 N–H and O–H groups in total. The van der Waals surface area contributed by atoms with Gasteiger partial charge in [0.25, 0.3) is 0 Å². The van der Waals surface area contributed by atoms with Crippen LogP contribution in [-0.4, -0.2) is 19.0 Å². The number of hydrogen-bond donors (Lipinski definition) is 3. The standard InChI is InChI=1S/C19H23N3O2/c1-3-7-17(14-8-5-4-6-9-14)18(23)21-15-10-12-16(13-11-15)22-19(24)20-2/h4-6,8-13,17H,3,7H2,1-2H3,(H,21,23)(H2,20,22,24)/t17-/m0/s1. The highest BCUT2D eigenvalue weighted by molar-refractivity contribution is 5.96. The molecule has 0 spiro atoms. The number of rotatable bonds is 6. The van der Waals surface area contributed by atoms with Crippen molar-refractivity contribution in [2.45, 2.75) is 25.7 Å². The second-order valence-electron chi connectivity index (χ2n) is 5.52. The van der Waals surface area contributed by atoms with E-state index in [1.807, 2.05) is 30.3 Å². The van der Waals surface area contributed by atoms with Crippen molar-refractivity contribution in [3.05, 3.63) is 60.2 Å². The summed E-state index contributed by atoms with van der Waals surface area (Å²) in [6, 6.07) is 16.6. The molecule has 0 aliphatic rings. The van der Waals surface area contributed by atoms with E-state index >= 15 is 0 Å². The van der Waals surface area contributed by atoms with Gasteiger partial charge in [-0.05, 0) is 36.2 Å². The highest BCUT2D eigenvalue weighted by Gasteiger charge is 2.19. The Hall–Kier alpha value is -2.82. The molecule has 3 amide bonds. The van der Waals surface area contributed by atoms with E-state index in [2.05, 4.69) is 22.9 Å². The molecule has 0 radical (unpaired) electrons. The van der Waals surface area contributed by atoms with Crippen LogP contribution in [0.3, 0.4) is 0 Å². The summed E-state index contributed by atoms with van der Waals surface area (Å²) in [7, 11) is 1.56. The molecule has 2 aromatic carbocycles. The first-order valence-corrected chi connectivity index (χ1v) is 8.08. The fourth-order valence-electron chi connectivity index (χ4n) is 2.48. The van der Waals surface area contributed by atoms with Gasteiger partial charge in [-0.25, -0.2) is 4.79 Å². The molecule has 5 heteroatoms. The van der Waals surface area contributed by atoms with Gasteiger partial charge in [-0.1, -0.05) is 43.7 Å². The summed E-state index contributed by atoms with van der Waals surface area (Å²) >= 11 is 0. The van der Waals surface area contributed by atoms with Crippen LogP contribution in [-0.2, 0) is 4.79 Å². The monoisotopic (exact) mass is 325 g/mol. The Morgan fingerprint density at radius 2 is 1.50 bits per heavy atom. The second-order valence-corrected chi connectivity index (χ2v) is 5.52. The lowest BCUT2D eigenvalue weighted by Gasteiger charge is -2.17. The van der Waals surface area contributed by atoms with Crippen LogP contribution in [0.15, 0.2) is 54.6 Å². The molecule has 126 valence electrons. The van der Waals surface area contributed by atoms with Crippen molar-refractivity contribution < 1.29 is 9.59 Å². The van der Waals surface area contributed by atoms with Crippen molar-refractivity contribution in [3.8, 4) is 0 Å². The third-order valence-electron chi connectivity index (χ3n) is 3.73. The van der Waals surface area contributed by atoms with Gasteiger partial charge in [0, 0.05) is 18.4 Å². The molecule has 2 aromatic rings. The number of nitrogens with one attached hydrogen (secondary N) is 3. The van der Waals surface area contributed by atoms with Gasteiger partial charge in [-0.3, -0.25) is 4.79 Å². The molecule has 5 nitrogen and oxygen atoms in total. The molecule has 0 heterocycles. The Morgan fingerprint density at radius 1 is 0.917 bits per heavy atom. The minimum Gasteiger partial charge on any atom is -0.341 e. The summed E-state index contributed by atoms with van der Waals surface area (Å²) in [5, 5.41) is 8.12. The molecule has 0 fully saturated rings. The lowest BCUT2D eigenvalue weighted by molar-refractivity contribution is -0.117. The Labute approximate surface area is 142 Å². The predicted octanol–water partition coefficient (Wildman–Crippen LogP) is 3.96. The summed E-state index contributed by atoms with van der Waals surface area (Å²) in [6.45, 7) is 2.07. The number of carbonyl (C=O) groups is 2. The maximum Gasteiger partial charge on any atom is 0.318 e. The first kappa shape index (κ1) is 17.5. The summed E-state index contributed by atoms with van der Waals surface area (Å²) in [4.78, 5) is 23.9. The molecule has 0 aliphatic carbocycles. The molecular formula is C19H23N3O2. The first-order valence-electron chi connectivity index (χ1n) is 8.08. The Morgan fingerprint density at radius 3 is 2.04 bits per heavy atom. The van der Waals surface area contributed by atoms with Crippen molar-refractivity contribution in [2.75, 3.05) is 17.7 Å². The molecule has 0 saturated heterocycles. The summed E-state index contributed by atoms with van der Waals surface area (Å²) < 4.78 is 0. The van der Waals surface area contributed by atoms with Crippen LogP contribution in [0.2, 0.25) is 0 Å². The van der Waals surface area contributed by atoms with Gasteiger partial charge in [0.05, 0.1) is 5.92 Å². The molecule has 1 atom stereocenters. The van der Waals surface area contributed by atoms with Crippen molar-refractivity contribution in [1.29, 1.82) is 0 Å². The molecule has 0 saturated carbocycles. The number of carbonyl (C=O) groups excluding carboxylic acids is 2. The SMILES string of the molecule is CCC[C@H](C(=O)Nc1ccc(NC(=O)NC)cc1)c1ccccc1. The van der Waals surface area contributed by atoms with Crippen LogP contribution in [0.1, 0.15) is 31.2 Å². The summed E-state index contributed by atoms with van der Waals surface area (Å²) in [5.41, 5.74) is 2.40. The van der Waals surface area contributed by atoms with E-state index in [0.717, 1.165) is 18.4 Å². The zero-order valence-corrected chi connectivity index (χ0v) is 14.0. The van der Waals surface area contributed by atoms with E-state index in [9.17, 15) is 9.59 Å². The molecule has 0 aromatic heterocycles. The maximum atomic E-state index is 12.6. The van der Waals surface area contributed by atoms with E-state index < -0.39 is 0 Å². The summed E-state index contributed by atoms with van der Waals surface area (Å²) in [6.07, 6.45) is 1.73. The molecule has 24 heavy (non-hydrogen) atoms. The highest BCUT2D eigenvalue weighted by Crippen LogP contribution is 2.23. The fourth-order valence-corrected chi connectivity index (χ4v) is 2.48. The van der Waals surface area contributed by atoms with Gasteiger partial charge < -0.3 is 16.0 Å². The minimum atomic E-state index is -0.279. The molecular weight excluding hydrogens is 302 g/mol. The zero-order chi connectivity index (χ0) is 17.4. The van der Waals surface area contributed by atoms with Gasteiger partial charge in [0.2, 0.25) is 5.91 Å². The first-order chi connectivity index (χ1) is 11.6. The zero-order valence-electron chi connectivity index (χ0n) is 14.0. The number of urea groups is 1. The van der Waals surface area contributed by atoms with Gasteiger partial charge in [-0.15, -0.1) is 0 Å². The lowest BCUT2D eigenvalue weighted by Crippen LogP contribution is -2.24. The Balaban J connectivity index is 2.05. The van der Waals surface area contributed by atoms with Crippen LogP contribution < -0.4 is 16.0 Å². The smallest absolute Gasteiger partial charge is 0.318 e. The topological polar surface area (TPSA) is 70.2 Å². The number of anilines is 2. The van der Waals surface area contributed by atoms with Crippen LogP contribution in [0, 0.1) is 0 Å². The second kappa shape index (κ2) is 8.72. The van der Waals surface area contributed by atoms with Gasteiger partial charge >= 0.3 is 6.03 Å². The maximum absolute atomic E-state index is 12.6. The van der Waals surface area contributed by atoms with E-state index in [4.69, 9.17) is 0 Å². The van der Waals surface area contributed by atoms with Gasteiger partial charge in [0.1, 0.15) is 0 Å². The van der Waals surface area contributed by atoms with E-state index in [0.29, 0.717) is 11.4 Å². The van der Waals surface area contributed by atoms with Crippen LogP contribution in [0.5, 0.6) is 0 Å². The lowest BCUT2D eigenvalue weighted by atomic mass is 9.93. The quantitative estimate of drug-likeness (QED) is 0.752. The van der Waals surface area contributed by atoms with E-state index in [1.165, 1.54) is 0 Å². The highest BCUT2D eigenvalue weighted by atomic mass is 16.2. The molecule has 2 rings (SSSR count). The average molecular weight is 325 g/mol. The van der Waals surface area contributed by atoms with E-state index in [-0.39, 0.29) is 17.9 Å². The summed E-state index contributed by atoms with van der Waals surface area (Å²) in [5.74, 6) is -0.185. The van der Waals surface area contributed by atoms with Crippen molar-refractivity contribution in [3.63, 3.8) is 0 Å². The Bertz CT molecular complexity index is 669. The Kier molecular flexibility index (Phi) is 6.37. The van der Waals surface area contributed by atoms with E-state index in [1.54, 1.807) is 31.3 Å². The van der Waals surface area contributed by atoms with Gasteiger partial charge in [-0.2, -0.15) is 0 Å². The minimum absolute atomic E-state index is 0.0185. The third kappa shape index (κ3) is 4.84. The number of benzene rings is 2. The number of hydrogen-bond acceptors (Lipinski definition) is 2. The number of amides is 3. The van der Waals surface area contributed by atoms with Crippen molar-refractivity contribution in [2.24, 2.45) is 0 Å². The molecule has 0 unspecified atom stereocenters. The van der Waals surface area contributed by atoms with Crippen LogP contribution in [0.25, 0.3) is 0 Å².